The van der Waals surface area contributed by atoms with Crippen LogP contribution in [-0.2, 0) is 11.3 Å². The van der Waals surface area contributed by atoms with Crippen molar-refractivity contribution in [1.29, 1.82) is 0 Å². The van der Waals surface area contributed by atoms with Crippen molar-refractivity contribution >= 4 is 5.91 Å². The van der Waals surface area contributed by atoms with Crippen molar-refractivity contribution < 1.29 is 9.53 Å². The van der Waals surface area contributed by atoms with Crippen LogP contribution >= 0.6 is 0 Å². The fourth-order valence-corrected chi connectivity index (χ4v) is 1.65. The molecule has 0 atom stereocenters. The zero-order chi connectivity index (χ0) is 11.4. The monoisotopic (exact) mass is 223 g/mol. The van der Waals surface area contributed by atoms with Crippen LogP contribution in [0.3, 0.4) is 0 Å². The lowest BCUT2D eigenvalue weighted by Crippen LogP contribution is -2.57. The van der Waals surface area contributed by atoms with Gasteiger partial charge in [-0.3, -0.25) is 4.79 Å². The number of amides is 1. The Morgan fingerprint density at radius 1 is 1.69 bits per heavy atom. The van der Waals surface area contributed by atoms with E-state index >= 15 is 0 Å². The molecule has 1 aliphatic heterocycles. The first-order valence-corrected chi connectivity index (χ1v) is 5.47. The molecule has 1 aliphatic rings. The SMILES string of the molecule is COCCn1cccc1C(=O)NC1CNC1. The van der Waals surface area contributed by atoms with Gasteiger partial charge in [-0.15, -0.1) is 0 Å². The smallest absolute Gasteiger partial charge is 0.268 e. The highest BCUT2D eigenvalue weighted by Crippen LogP contribution is 2.03. The molecule has 1 aromatic heterocycles. The van der Waals surface area contributed by atoms with E-state index < -0.39 is 0 Å². The minimum atomic E-state index is -0.00685. The van der Waals surface area contributed by atoms with Crippen molar-refractivity contribution in [2.24, 2.45) is 0 Å². The zero-order valence-electron chi connectivity index (χ0n) is 9.40. The minimum Gasteiger partial charge on any atom is -0.383 e. The molecule has 1 amide bonds. The van der Waals surface area contributed by atoms with Gasteiger partial charge in [0.15, 0.2) is 0 Å². The van der Waals surface area contributed by atoms with E-state index in [-0.39, 0.29) is 11.9 Å². The van der Waals surface area contributed by atoms with E-state index in [1.165, 1.54) is 0 Å². The Hall–Kier alpha value is -1.33. The fraction of sp³-hybridized carbons (Fsp3) is 0.545. The van der Waals surface area contributed by atoms with Gasteiger partial charge in [0, 0.05) is 32.9 Å². The molecule has 2 rings (SSSR count). The number of hydrogen-bond acceptors (Lipinski definition) is 3. The normalized spacial score (nSPS) is 15.8. The number of aromatic nitrogens is 1. The number of carbonyl (C=O) groups excluding carboxylic acids is 1. The van der Waals surface area contributed by atoms with Gasteiger partial charge in [0.1, 0.15) is 5.69 Å². The van der Waals surface area contributed by atoms with Crippen molar-refractivity contribution in [3.63, 3.8) is 0 Å². The molecular weight excluding hydrogens is 206 g/mol. The Morgan fingerprint density at radius 3 is 3.12 bits per heavy atom. The Balaban J connectivity index is 1.95. The third-order valence-electron chi connectivity index (χ3n) is 2.72. The lowest BCUT2D eigenvalue weighted by Gasteiger charge is -2.28. The molecule has 0 aromatic carbocycles. The van der Waals surface area contributed by atoms with Crippen molar-refractivity contribution in [2.45, 2.75) is 12.6 Å². The molecular formula is C11H17N3O2. The van der Waals surface area contributed by atoms with Crippen LogP contribution in [0.5, 0.6) is 0 Å². The summed E-state index contributed by atoms with van der Waals surface area (Å²) in [7, 11) is 1.66. The number of ether oxygens (including phenoxy) is 1. The first kappa shape index (κ1) is 11.2. The second-order valence-corrected chi connectivity index (χ2v) is 3.91. The number of nitrogens with one attached hydrogen (secondary N) is 2. The van der Waals surface area contributed by atoms with Crippen LogP contribution in [0.25, 0.3) is 0 Å². The van der Waals surface area contributed by atoms with Gasteiger partial charge in [-0.1, -0.05) is 0 Å². The van der Waals surface area contributed by atoms with E-state index in [9.17, 15) is 4.79 Å². The summed E-state index contributed by atoms with van der Waals surface area (Å²) in [6.07, 6.45) is 1.90. The summed E-state index contributed by atoms with van der Waals surface area (Å²) >= 11 is 0. The van der Waals surface area contributed by atoms with Crippen LogP contribution < -0.4 is 10.6 Å². The van der Waals surface area contributed by atoms with Crippen LogP contribution in [0, 0.1) is 0 Å². The Morgan fingerprint density at radius 2 is 2.50 bits per heavy atom. The summed E-state index contributed by atoms with van der Waals surface area (Å²) in [5.41, 5.74) is 0.698. The van der Waals surface area contributed by atoms with Crippen molar-refractivity contribution in [2.75, 3.05) is 26.8 Å². The van der Waals surface area contributed by atoms with Gasteiger partial charge in [0.05, 0.1) is 12.6 Å². The van der Waals surface area contributed by atoms with E-state index in [2.05, 4.69) is 10.6 Å². The lowest BCUT2D eigenvalue weighted by atomic mass is 10.2. The van der Waals surface area contributed by atoms with Crippen molar-refractivity contribution in [3.8, 4) is 0 Å². The third kappa shape index (κ3) is 2.43. The summed E-state index contributed by atoms with van der Waals surface area (Å²) in [4.78, 5) is 11.9. The first-order valence-electron chi connectivity index (χ1n) is 5.47. The van der Waals surface area contributed by atoms with Gasteiger partial charge in [0.2, 0.25) is 0 Å². The van der Waals surface area contributed by atoms with E-state index in [1.54, 1.807) is 7.11 Å². The summed E-state index contributed by atoms with van der Waals surface area (Å²) < 4.78 is 6.91. The number of nitrogens with zero attached hydrogens (tertiary/aromatic N) is 1. The van der Waals surface area contributed by atoms with Gasteiger partial charge in [0.25, 0.3) is 5.91 Å². The molecule has 16 heavy (non-hydrogen) atoms. The highest BCUT2D eigenvalue weighted by atomic mass is 16.5. The predicted molar refractivity (Wildman–Crippen MR) is 60.4 cm³/mol. The van der Waals surface area contributed by atoms with Gasteiger partial charge < -0.3 is 19.9 Å². The van der Waals surface area contributed by atoms with Crippen molar-refractivity contribution in [1.82, 2.24) is 15.2 Å². The standard InChI is InChI=1S/C11H17N3O2/c1-16-6-5-14-4-2-3-10(14)11(15)13-9-7-12-8-9/h2-4,9,12H,5-8H2,1H3,(H,13,15). The molecule has 0 saturated carbocycles. The average Bonchev–Trinajstić information content (AvgIpc) is 2.68. The molecule has 88 valence electrons. The lowest BCUT2D eigenvalue weighted by molar-refractivity contribution is 0.0911. The topological polar surface area (TPSA) is 55.3 Å². The molecule has 0 radical (unpaired) electrons. The molecule has 1 aromatic rings. The van der Waals surface area contributed by atoms with Crippen LogP contribution in [-0.4, -0.2) is 43.3 Å². The molecule has 0 bridgehead atoms. The molecule has 5 nitrogen and oxygen atoms in total. The zero-order valence-corrected chi connectivity index (χ0v) is 9.40. The van der Waals surface area contributed by atoms with Gasteiger partial charge in [-0.2, -0.15) is 0 Å². The second kappa shape index (κ2) is 5.14. The van der Waals surface area contributed by atoms with E-state index in [0.717, 1.165) is 13.1 Å². The quantitative estimate of drug-likeness (QED) is 0.729. The number of rotatable bonds is 5. The maximum atomic E-state index is 11.9. The molecule has 1 saturated heterocycles. The summed E-state index contributed by atoms with van der Waals surface area (Å²) in [5, 5.41) is 6.09. The largest absolute Gasteiger partial charge is 0.383 e. The number of hydrogen-bond donors (Lipinski definition) is 2. The Kier molecular flexibility index (Phi) is 3.58. The van der Waals surface area contributed by atoms with Gasteiger partial charge in [-0.25, -0.2) is 0 Å². The van der Waals surface area contributed by atoms with Crippen molar-refractivity contribution in [3.05, 3.63) is 24.0 Å². The predicted octanol–water partition coefficient (Wildman–Crippen LogP) is -0.164. The fourth-order valence-electron chi connectivity index (χ4n) is 1.65. The van der Waals surface area contributed by atoms with Crippen LogP contribution in [0.2, 0.25) is 0 Å². The highest BCUT2D eigenvalue weighted by molar-refractivity contribution is 5.93. The van der Waals surface area contributed by atoms with Crippen LogP contribution in [0.15, 0.2) is 18.3 Å². The summed E-state index contributed by atoms with van der Waals surface area (Å²) in [6.45, 7) is 3.05. The van der Waals surface area contributed by atoms with Crippen LogP contribution in [0.1, 0.15) is 10.5 Å². The molecule has 2 N–H and O–H groups in total. The number of methoxy groups -OCH3 is 1. The average molecular weight is 223 g/mol. The molecule has 2 heterocycles. The van der Waals surface area contributed by atoms with Gasteiger partial charge in [-0.05, 0) is 12.1 Å². The Labute approximate surface area is 94.8 Å². The molecule has 5 heteroatoms. The van der Waals surface area contributed by atoms with E-state index in [4.69, 9.17) is 4.74 Å². The molecule has 0 aliphatic carbocycles. The molecule has 0 spiro atoms. The third-order valence-corrected chi connectivity index (χ3v) is 2.72. The molecule has 1 fully saturated rings. The molecule has 0 unspecified atom stereocenters. The Bertz CT molecular complexity index is 358. The number of carbonyl (C=O) groups is 1. The van der Waals surface area contributed by atoms with E-state index in [0.29, 0.717) is 18.8 Å². The highest BCUT2D eigenvalue weighted by Gasteiger charge is 2.20. The summed E-state index contributed by atoms with van der Waals surface area (Å²) in [6, 6.07) is 3.99. The minimum absolute atomic E-state index is 0.00685. The second-order valence-electron chi connectivity index (χ2n) is 3.91. The van der Waals surface area contributed by atoms with Gasteiger partial charge >= 0.3 is 0 Å². The maximum Gasteiger partial charge on any atom is 0.268 e. The summed E-state index contributed by atoms with van der Waals surface area (Å²) in [5.74, 6) is -0.00685. The first-order chi connectivity index (χ1) is 7.81. The van der Waals surface area contributed by atoms with Crippen LogP contribution in [0.4, 0.5) is 0 Å². The maximum absolute atomic E-state index is 11.9. The van der Waals surface area contributed by atoms with E-state index in [1.807, 2.05) is 22.9 Å².